The Kier molecular flexibility index (Phi) is 4.68. The third-order valence-electron chi connectivity index (χ3n) is 4.02. The molecule has 4 rings (SSSR count). The molecule has 5 nitrogen and oxygen atoms in total. The molecule has 6 heteroatoms. The number of carbonyl (C=O) groups excluding carboxylic acids is 1. The lowest BCUT2D eigenvalue weighted by molar-refractivity contribution is 0.102. The maximum Gasteiger partial charge on any atom is 0.276 e. The van der Waals surface area contributed by atoms with E-state index < -0.39 is 0 Å². The van der Waals surface area contributed by atoms with Gasteiger partial charge in [0.2, 0.25) is 0 Å². The lowest BCUT2D eigenvalue weighted by Crippen LogP contribution is -2.13. The van der Waals surface area contributed by atoms with Crippen LogP contribution in [0.5, 0.6) is 0 Å². The maximum absolute atomic E-state index is 12.7. The highest BCUT2D eigenvalue weighted by molar-refractivity contribution is 6.33. The molecule has 2 aromatic carbocycles. The zero-order chi connectivity index (χ0) is 18.6. The van der Waals surface area contributed by atoms with Crippen LogP contribution in [0.3, 0.4) is 0 Å². The van der Waals surface area contributed by atoms with E-state index in [1.807, 2.05) is 54.6 Å². The number of para-hydroxylation sites is 2. The molecule has 0 atom stereocenters. The van der Waals surface area contributed by atoms with Gasteiger partial charge in [-0.1, -0.05) is 41.9 Å². The molecular formula is C21H15ClN4O. The summed E-state index contributed by atoms with van der Waals surface area (Å²) in [5.41, 5.74) is 3.33. The molecule has 0 spiro atoms. The largest absolute Gasteiger partial charge is 0.319 e. The van der Waals surface area contributed by atoms with E-state index >= 15 is 0 Å². The van der Waals surface area contributed by atoms with E-state index in [1.54, 1.807) is 35.3 Å². The SMILES string of the molecule is O=C(Nc1ccccc1Cl)c1cc(-c2cccnc2)n(-c2ccccc2)n1. The highest BCUT2D eigenvalue weighted by Gasteiger charge is 2.17. The van der Waals surface area contributed by atoms with Gasteiger partial charge in [-0.2, -0.15) is 5.10 Å². The van der Waals surface area contributed by atoms with E-state index in [9.17, 15) is 4.79 Å². The summed E-state index contributed by atoms with van der Waals surface area (Å²) in [5.74, 6) is -0.331. The molecule has 2 heterocycles. The van der Waals surface area contributed by atoms with E-state index in [4.69, 9.17) is 11.6 Å². The summed E-state index contributed by atoms with van der Waals surface area (Å²) in [4.78, 5) is 16.9. The van der Waals surface area contributed by atoms with Crippen molar-refractivity contribution in [3.8, 4) is 16.9 Å². The highest BCUT2D eigenvalue weighted by Crippen LogP contribution is 2.25. The molecule has 0 saturated heterocycles. The lowest BCUT2D eigenvalue weighted by Gasteiger charge is -2.07. The standard InChI is InChI=1S/C21H15ClN4O/c22-17-10-4-5-11-18(17)24-21(27)19-13-20(15-7-6-12-23-14-15)26(25-19)16-8-2-1-3-9-16/h1-14H,(H,24,27). The molecule has 0 saturated carbocycles. The van der Waals surface area contributed by atoms with Crippen LogP contribution in [0.4, 0.5) is 5.69 Å². The fourth-order valence-corrected chi connectivity index (χ4v) is 2.91. The number of aromatic nitrogens is 3. The molecule has 132 valence electrons. The van der Waals surface area contributed by atoms with Crippen molar-refractivity contribution in [3.63, 3.8) is 0 Å². The van der Waals surface area contributed by atoms with Crippen molar-refractivity contribution < 1.29 is 4.79 Å². The quantitative estimate of drug-likeness (QED) is 0.556. The summed E-state index contributed by atoms with van der Waals surface area (Å²) in [5, 5.41) is 7.80. The molecule has 0 aliphatic heterocycles. The number of nitrogens with one attached hydrogen (secondary N) is 1. The molecule has 1 amide bonds. The summed E-state index contributed by atoms with van der Waals surface area (Å²) in [6, 6.07) is 22.3. The fourth-order valence-electron chi connectivity index (χ4n) is 2.73. The molecule has 0 aliphatic carbocycles. The van der Waals surface area contributed by atoms with Gasteiger partial charge in [-0.15, -0.1) is 0 Å². The van der Waals surface area contributed by atoms with Gasteiger partial charge in [0.1, 0.15) is 0 Å². The minimum absolute atomic E-state index is 0.289. The molecule has 0 aliphatic rings. The Balaban J connectivity index is 1.75. The van der Waals surface area contributed by atoms with E-state index in [0.717, 1.165) is 16.9 Å². The van der Waals surface area contributed by atoms with E-state index in [2.05, 4.69) is 15.4 Å². The molecule has 1 N–H and O–H groups in total. The maximum atomic E-state index is 12.7. The third kappa shape index (κ3) is 3.59. The van der Waals surface area contributed by atoms with Crippen molar-refractivity contribution in [3.05, 3.63) is 95.9 Å². The van der Waals surface area contributed by atoms with Crippen molar-refractivity contribution in [2.24, 2.45) is 0 Å². The van der Waals surface area contributed by atoms with Gasteiger partial charge in [-0.3, -0.25) is 9.78 Å². The average Bonchev–Trinajstić information content (AvgIpc) is 3.17. The smallest absolute Gasteiger partial charge is 0.276 e. The van der Waals surface area contributed by atoms with Gasteiger partial charge in [-0.25, -0.2) is 4.68 Å². The van der Waals surface area contributed by atoms with Crippen LogP contribution in [0, 0.1) is 0 Å². The summed E-state index contributed by atoms with van der Waals surface area (Å²) < 4.78 is 1.73. The van der Waals surface area contributed by atoms with E-state index in [1.165, 1.54) is 0 Å². The van der Waals surface area contributed by atoms with Gasteiger partial charge in [0.15, 0.2) is 5.69 Å². The van der Waals surface area contributed by atoms with Crippen LogP contribution in [-0.4, -0.2) is 20.7 Å². The number of amides is 1. The van der Waals surface area contributed by atoms with Gasteiger partial charge < -0.3 is 5.32 Å². The normalized spacial score (nSPS) is 10.6. The number of anilines is 1. The number of pyridine rings is 1. The topological polar surface area (TPSA) is 59.8 Å². The second-order valence-corrected chi connectivity index (χ2v) is 6.25. The molecule has 2 aromatic heterocycles. The van der Waals surface area contributed by atoms with E-state index in [-0.39, 0.29) is 11.6 Å². The number of rotatable bonds is 4. The Morgan fingerprint density at radius 1 is 0.963 bits per heavy atom. The monoisotopic (exact) mass is 374 g/mol. The predicted octanol–water partition coefficient (Wildman–Crippen LogP) is 4.84. The molecule has 0 radical (unpaired) electrons. The summed E-state index contributed by atoms with van der Waals surface area (Å²) in [6.07, 6.45) is 3.45. The Hall–Kier alpha value is -3.44. The van der Waals surface area contributed by atoms with Crippen molar-refractivity contribution in [2.45, 2.75) is 0 Å². The van der Waals surface area contributed by atoms with Crippen LogP contribution in [0.25, 0.3) is 16.9 Å². The Morgan fingerprint density at radius 3 is 2.48 bits per heavy atom. The zero-order valence-corrected chi connectivity index (χ0v) is 15.0. The lowest BCUT2D eigenvalue weighted by atomic mass is 10.2. The van der Waals surface area contributed by atoms with Gasteiger partial charge in [0.05, 0.1) is 22.1 Å². The molecule has 0 bridgehead atoms. The van der Waals surface area contributed by atoms with Gasteiger partial charge in [0, 0.05) is 18.0 Å². The highest BCUT2D eigenvalue weighted by atomic mass is 35.5. The van der Waals surface area contributed by atoms with Gasteiger partial charge in [-0.05, 0) is 42.5 Å². The van der Waals surface area contributed by atoms with Gasteiger partial charge in [0.25, 0.3) is 5.91 Å². The summed E-state index contributed by atoms with van der Waals surface area (Å²) in [7, 11) is 0. The van der Waals surface area contributed by atoms with Crippen LogP contribution in [-0.2, 0) is 0 Å². The number of hydrogen-bond donors (Lipinski definition) is 1. The second kappa shape index (κ2) is 7.43. The predicted molar refractivity (Wildman–Crippen MR) is 106 cm³/mol. The average molecular weight is 375 g/mol. The second-order valence-electron chi connectivity index (χ2n) is 5.84. The van der Waals surface area contributed by atoms with E-state index in [0.29, 0.717) is 10.7 Å². The van der Waals surface area contributed by atoms with Crippen LogP contribution in [0.15, 0.2) is 85.2 Å². The first-order valence-corrected chi connectivity index (χ1v) is 8.72. The first-order valence-electron chi connectivity index (χ1n) is 8.34. The van der Waals surface area contributed by atoms with Gasteiger partial charge >= 0.3 is 0 Å². The minimum atomic E-state index is -0.331. The number of carbonyl (C=O) groups is 1. The number of nitrogens with zero attached hydrogens (tertiary/aromatic N) is 3. The summed E-state index contributed by atoms with van der Waals surface area (Å²) >= 11 is 6.14. The fraction of sp³-hybridized carbons (Fsp3) is 0. The van der Waals surface area contributed by atoms with Crippen LogP contribution in [0.2, 0.25) is 5.02 Å². The first kappa shape index (κ1) is 17.0. The first-order chi connectivity index (χ1) is 13.2. The van der Waals surface area contributed by atoms with Crippen LogP contribution >= 0.6 is 11.6 Å². The number of benzene rings is 2. The van der Waals surface area contributed by atoms with Crippen molar-refractivity contribution >= 4 is 23.2 Å². The number of halogens is 1. The molecular weight excluding hydrogens is 360 g/mol. The Morgan fingerprint density at radius 2 is 1.74 bits per heavy atom. The van der Waals surface area contributed by atoms with Crippen molar-refractivity contribution in [2.75, 3.05) is 5.32 Å². The minimum Gasteiger partial charge on any atom is -0.319 e. The number of hydrogen-bond acceptors (Lipinski definition) is 3. The van der Waals surface area contributed by atoms with Crippen LogP contribution in [0.1, 0.15) is 10.5 Å². The Bertz CT molecular complexity index is 1020. The molecule has 4 aromatic rings. The van der Waals surface area contributed by atoms with Crippen molar-refractivity contribution in [1.29, 1.82) is 0 Å². The van der Waals surface area contributed by atoms with Crippen LogP contribution < -0.4 is 5.32 Å². The zero-order valence-electron chi connectivity index (χ0n) is 14.2. The van der Waals surface area contributed by atoms with Crippen molar-refractivity contribution in [1.82, 2.24) is 14.8 Å². The molecule has 0 unspecified atom stereocenters. The molecule has 27 heavy (non-hydrogen) atoms. The molecule has 0 fully saturated rings. The summed E-state index contributed by atoms with van der Waals surface area (Å²) in [6.45, 7) is 0. The Labute approximate surface area is 161 Å². The third-order valence-corrected chi connectivity index (χ3v) is 4.35.